The van der Waals surface area contributed by atoms with Gasteiger partial charge >= 0.3 is 5.97 Å². The highest BCUT2D eigenvalue weighted by Crippen LogP contribution is 2.20. The second-order valence-corrected chi connectivity index (χ2v) is 4.86. The molecule has 0 N–H and O–H groups in total. The Labute approximate surface area is 135 Å². The molecule has 0 saturated heterocycles. The van der Waals surface area contributed by atoms with E-state index in [1.165, 1.54) is 14.2 Å². The standard InChI is InChI=1S/C18H19NO4/c1-13-8-4-7-11-16(13)23-18(19-22-3)15-10-6-5-9-14(15)12-17(20)21-2/h4-11H,12H2,1-3H3/b19-18+. The van der Waals surface area contributed by atoms with Gasteiger partial charge in [0.15, 0.2) is 0 Å². The second kappa shape index (κ2) is 7.98. The Balaban J connectivity index is 2.37. The minimum atomic E-state index is -0.329. The summed E-state index contributed by atoms with van der Waals surface area (Å²) in [4.78, 5) is 16.5. The predicted octanol–water partition coefficient (Wildman–Crippen LogP) is 3.10. The number of hydrogen-bond acceptors (Lipinski definition) is 5. The number of esters is 1. The van der Waals surface area contributed by atoms with Crippen molar-refractivity contribution in [2.45, 2.75) is 13.3 Å². The molecule has 0 fully saturated rings. The summed E-state index contributed by atoms with van der Waals surface area (Å²) in [6.45, 7) is 1.94. The fraction of sp³-hybridized carbons (Fsp3) is 0.222. The van der Waals surface area contributed by atoms with Gasteiger partial charge < -0.3 is 14.3 Å². The summed E-state index contributed by atoms with van der Waals surface area (Å²) >= 11 is 0. The quantitative estimate of drug-likeness (QED) is 0.368. The summed E-state index contributed by atoms with van der Waals surface area (Å²) in [5, 5.41) is 3.97. The summed E-state index contributed by atoms with van der Waals surface area (Å²) in [5.74, 6) is 0.641. The monoisotopic (exact) mass is 313 g/mol. The molecule has 2 aromatic rings. The Morgan fingerprint density at radius 3 is 2.43 bits per heavy atom. The third kappa shape index (κ3) is 4.32. The molecule has 0 radical (unpaired) electrons. The van der Waals surface area contributed by atoms with Crippen LogP contribution in [0.1, 0.15) is 16.7 Å². The fourth-order valence-corrected chi connectivity index (χ4v) is 2.09. The topological polar surface area (TPSA) is 57.1 Å². The molecule has 0 atom stereocenters. The first-order valence-electron chi connectivity index (χ1n) is 7.15. The lowest BCUT2D eigenvalue weighted by Gasteiger charge is -2.13. The summed E-state index contributed by atoms with van der Waals surface area (Å²) in [7, 11) is 2.81. The molecular weight excluding hydrogens is 294 g/mol. The third-order valence-electron chi connectivity index (χ3n) is 3.28. The number of carbonyl (C=O) groups excluding carboxylic acids is 1. The van der Waals surface area contributed by atoms with E-state index in [4.69, 9.17) is 14.3 Å². The Bertz CT molecular complexity index is 710. The van der Waals surface area contributed by atoms with Crippen molar-refractivity contribution in [1.82, 2.24) is 0 Å². The van der Waals surface area contributed by atoms with Crippen LogP contribution in [0.2, 0.25) is 0 Å². The number of nitrogens with zero attached hydrogens (tertiary/aromatic N) is 1. The number of benzene rings is 2. The van der Waals surface area contributed by atoms with Gasteiger partial charge in [-0.15, -0.1) is 0 Å². The lowest BCUT2D eigenvalue weighted by molar-refractivity contribution is -0.139. The van der Waals surface area contributed by atoms with Crippen LogP contribution in [0.25, 0.3) is 0 Å². The first-order chi connectivity index (χ1) is 11.2. The Morgan fingerprint density at radius 2 is 1.74 bits per heavy atom. The zero-order chi connectivity index (χ0) is 16.7. The van der Waals surface area contributed by atoms with Gasteiger partial charge in [0.2, 0.25) is 0 Å². The summed E-state index contributed by atoms with van der Waals surface area (Å²) < 4.78 is 10.6. The van der Waals surface area contributed by atoms with Crippen molar-refractivity contribution in [2.24, 2.45) is 5.16 Å². The molecule has 0 aliphatic heterocycles. The molecule has 0 bridgehead atoms. The van der Waals surface area contributed by atoms with Crippen molar-refractivity contribution in [3.63, 3.8) is 0 Å². The van der Waals surface area contributed by atoms with Crippen LogP contribution in [0.4, 0.5) is 0 Å². The molecule has 0 aliphatic carbocycles. The molecule has 5 heteroatoms. The summed E-state index contributed by atoms with van der Waals surface area (Å²) in [5.41, 5.74) is 2.41. The van der Waals surface area contributed by atoms with Gasteiger partial charge in [0.1, 0.15) is 12.9 Å². The molecule has 0 aliphatic rings. The average molecular weight is 313 g/mol. The van der Waals surface area contributed by atoms with Crippen LogP contribution < -0.4 is 4.74 Å². The molecular formula is C18H19NO4. The van der Waals surface area contributed by atoms with Gasteiger partial charge in [0, 0.05) is 5.56 Å². The Hall–Kier alpha value is -2.82. The highest BCUT2D eigenvalue weighted by Gasteiger charge is 2.16. The number of hydrogen-bond donors (Lipinski definition) is 0. The largest absolute Gasteiger partial charge is 0.469 e. The summed E-state index contributed by atoms with van der Waals surface area (Å²) in [6, 6.07) is 15.0. The van der Waals surface area contributed by atoms with Crippen LogP contribution >= 0.6 is 0 Å². The first-order valence-corrected chi connectivity index (χ1v) is 7.15. The number of aryl methyl sites for hydroxylation is 1. The molecule has 23 heavy (non-hydrogen) atoms. The zero-order valence-electron chi connectivity index (χ0n) is 13.4. The van der Waals surface area contributed by atoms with Gasteiger partial charge in [0.25, 0.3) is 5.90 Å². The van der Waals surface area contributed by atoms with Crippen molar-refractivity contribution < 1.29 is 19.1 Å². The normalized spacial score (nSPS) is 11.0. The first kappa shape index (κ1) is 16.5. The van der Waals surface area contributed by atoms with Crippen molar-refractivity contribution >= 4 is 11.9 Å². The molecule has 5 nitrogen and oxygen atoms in total. The predicted molar refractivity (Wildman–Crippen MR) is 87.5 cm³/mol. The number of rotatable bonds is 5. The summed E-state index contributed by atoms with van der Waals surface area (Å²) in [6.07, 6.45) is 0.131. The molecule has 0 spiro atoms. The molecule has 120 valence electrons. The van der Waals surface area contributed by atoms with Gasteiger partial charge in [-0.3, -0.25) is 4.79 Å². The van der Waals surface area contributed by atoms with Gasteiger partial charge in [-0.05, 0) is 35.3 Å². The van der Waals surface area contributed by atoms with Crippen molar-refractivity contribution in [3.05, 3.63) is 65.2 Å². The van der Waals surface area contributed by atoms with E-state index in [0.29, 0.717) is 17.2 Å². The average Bonchev–Trinajstić information content (AvgIpc) is 2.57. The van der Waals surface area contributed by atoms with Crippen molar-refractivity contribution in [1.29, 1.82) is 0 Å². The Morgan fingerprint density at radius 1 is 1.04 bits per heavy atom. The van der Waals surface area contributed by atoms with Crippen molar-refractivity contribution in [3.8, 4) is 5.75 Å². The van der Waals surface area contributed by atoms with E-state index in [1.54, 1.807) is 0 Å². The molecule has 2 aromatic carbocycles. The van der Waals surface area contributed by atoms with E-state index in [1.807, 2.05) is 55.5 Å². The van der Waals surface area contributed by atoms with Crippen LogP contribution in [0.5, 0.6) is 5.75 Å². The van der Waals surface area contributed by atoms with Crippen LogP contribution in [0, 0.1) is 6.92 Å². The maximum atomic E-state index is 11.6. The molecule has 0 amide bonds. The van der Waals surface area contributed by atoms with Crippen LogP contribution in [-0.2, 0) is 20.8 Å². The second-order valence-electron chi connectivity index (χ2n) is 4.86. The molecule has 0 aromatic heterocycles. The lowest BCUT2D eigenvalue weighted by atomic mass is 10.0. The number of methoxy groups -OCH3 is 1. The van der Waals surface area contributed by atoms with E-state index in [2.05, 4.69) is 5.16 Å². The maximum absolute atomic E-state index is 11.6. The van der Waals surface area contributed by atoms with E-state index >= 15 is 0 Å². The van der Waals surface area contributed by atoms with Crippen LogP contribution in [-0.4, -0.2) is 26.1 Å². The van der Waals surface area contributed by atoms with E-state index in [9.17, 15) is 4.79 Å². The SMILES string of the molecule is CO/N=C(/Oc1ccccc1C)c1ccccc1CC(=O)OC. The minimum absolute atomic E-state index is 0.131. The van der Waals surface area contributed by atoms with Crippen LogP contribution in [0.3, 0.4) is 0 Å². The lowest BCUT2D eigenvalue weighted by Crippen LogP contribution is -2.16. The van der Waals surface area contributed by atoms with Crippen molar-refractivity contribution in [2.75, 3.05) is 14.2 Å². The number of ether oxygens (including phenoxy) is 2. The minimum Gasteiger partial charge on any atom is -0.469 e. The third-order valence-corrected chi connectivity index (χ3v) is 3.28. The van der Waals surface area contributed by atoms with E-state index < -0.39 is 0 Å². The number of oxime groups is 1. The maximum Gasteiger partial charge on any atom is 0.310 e. The molecule has 2 rings (SSSR count). The van der Waals surface area contributed by atoms with Crippen LogP contribution in [0.15, 0.2) is 53.7 Å². The van der Waals surface area contributed by atoms with Gasteiger partial charge in [-0.1, -0.05) is 36.4 Å². The molecule has 0 unspecified atom stereocenters. The van der Waals surface area contributed by atoms with Gasteiger partial charge in [0.05, 0.1) is 13.5 Å². The van der Waals surface area contributed by atoms with Gasteiger partial charge in [-0.25, -0.2) is 0 Å². The van der Waals surface area contributed by atoms with E-state index in [0.717, 1.165) is 11.1 Å². The Kier molecular flexibility index (Phi) is 5.74. The fourth-order valence-electron chi connectivity index (χ4n) is 2.09. The highest BCUT2D eigenvalue weighted by molar-refractivity contribution is 5.97. The number of para-hydroxylation sites is 1. The zero-order valence-corrected chi connectivity index (χ0v) is 13.4. The molecule has 0 heterocycles. The molecule has 0 saturated carbocycles. The van der Waals surface area contributed by atoms with Gasteiger partial charge in [-0.2, -0.15) is 0 Å². The van der Waals surface area contributed by atoms with E-state index in [-0.39, 0.29) is 12.4 Å². The number of carbonyl (C=O) groups is 1. The highest BCUT2D eigenvalue weighted by atomic mass is 16.6. The smallest absolute Gasteiger partial charge is 0.310 e.